The lowest BCUT2D eigenvalue weighted by Gasteiger charge is -2.23. The van der Waals surface area contributed by atoms with Crippen LogP contribution in [0.2, 0.25) is 0 Å². The summed E-state index contributed by atoms with van der Waals surface area (Å²) in [4.78, 5) is 43.1. The van der Waals surface area contributed by atoms with Gasteiger partial charge in [-0.2, -0.15) is 0 Å². The molecule has 1 aromatic heterocycles. The lowest BCUT2D eigenvalue weighted by molar-refractivity contribution is -0.136. The summed E-state index contributed by atoms with van der Waals surface area (Å²) in [5.41, 5.74) is 4.61. The summed E-state index contributed by atoms with van der Waals surface area (Å²) in [5, 5.41) is 15.4. The van der Waals surface area contributed by atoms with Gasteiger partial charge in [-0.15, -0.1) is 0 Å². The number of rotatable bonds is 12. The normalized spacial score (nSPS) is 13.2. The molecule has 33 heavy (non-hydrogen) atoms. The highest BCUT2D eigenvalue weighted by molar-refractivity contribution is 5.92. The Kier molecular flexibility index (Phi) is 9.87. The summed E-state index contributed by atoms with van der Waals surface area (Å²) < 4.78 is 0. The Labute approximate surface area is 195 Å². The van der Waals surface area contributed by atoms with Gasteiger partial charge in [-0.05, 0) is 38.1 Å². The van der Waals surface area contributed by atoms with E-state index in [9.17, 15) is 14.4 Å². The second kappa shape index (κ2) is 12.4. The highest BCUT2D eigenvalue weighted by Crippen LogP contribution is 2.25. The van der Waals surface area contributed by atoms with Gasteiger partial charge in [0.25, 0.3) is 0 Å². The van der Waals surface area contributed by atoms with Crippen LogP contribution in [-0.2, 0) is 27.2 Å². The number of fused-ring (bicyclic) bond motifs is 1. The largest absolute Gasteiger partial charge is 0.358 e. The fraction of sp³-hybridized carbons (Fsp3) is 0.542. The van der Waals surface area contributed by atoms with Crippen molar-refractivity contribution in [2.45, 2.75) is 45.6 Å². The number of nitrogens with zero attached hydrogens (tertiary/aromatic N) is 1. The molecule has 2 atom stereocenters. The molecular formula is C24H37N5O4. The van der Waals surface area contributed by atoms with E-state index in [1.807, 2.05) is 52.2 Å². The van der Waals surface area contributed by atoms with Crippen molar-refractivity contribution in [2.24, 2.45) is 11.8 Å². The van der Waals surface area contributed by atoms with E-state index in [-0.39, 0.29) is 24.2 Å². The van der Waals surface area contributed by atoms with Gasteiger partial charge in [0.05, 0.1) is 0 Å². The number of aromatic amines is 1. The number of H-pyrrole nitrogens is 1. The molecule has 0 aliphatic carbocycles. The molecule has 2 unspecified atom stereocenters. The van der Waals surface area contributed by atoms with Crippen molar-refractivity contribution >= 4 is 28.6 Å². The SMILES string of the molecule is CNC(=O)C(Cc1c(CCN(C)C)[nH]c2ccccc12)NC(=O)C(CC(=O)NO)CC(C)C. The van der Waals surface area contributed by atoms with E-state index in [4.69, 9.17) is 5.21 Å². The molecular weight excluding hydrogens is 422 g/mol. The maximum atomic E-state index is 13.1. The van der Waals surface area contributed by atoms with E-state index in [2.05, 4.69) is 20.5 Å². The Morgan fingerprint density at radius 3 is 2.42 bits per heavy atom. The van der Waals surface area contributed by atoms with Crippen molar-refractivity contribution in [2.75, 3.05) is 27.7 Å². The average molecular weight is 460 g/mol. The summed E-state index contributed by atoms with van der Waals surface area (Å²) in [6, 6.07) is 7.12. The Morgan fingerprint density at radius 1 is 1.12 bits per heavy atom. The van der Waals surface area contributed by atoms with Gasteiger partial charge in [-0.1, -0.05) is 32.0 Å². The first kappa shape index (κ1) is 26.3. The number of para-hydroxylation sites is 1. The quantitative estimate of drug-likeness (QED) is 0.243. The molecule has 0 aliphatic rings. The smallest absolute Gasteiger partial charge is 0.244 e. The summed E-state index contributed by atoms with van der Waals surface area (Å²) in [6.07, 6.45) is 1.40. The van der Waals surface area contributed by atoms with Gasteiger partial charge in [0.15, 0.2) is 0 Å². The number of aromatic nitrogens is 1. The zero-order valence-electron chi connectivity index (χ0n) is 20.2. The molecule has 3 amide bonds. The Morgan fingerprint density at radius 2 is 1.82 bits per heavy atom. The van der Waals surface area contributed by atoms with Gasteiger partial charge in [-0.3, -0.25) is 19.6 Å². The van der Waals surface area contributed by atoms with Gasteiger partial charge >= 0.3 is 0 Å². The summed E-state index contributed by atoms with van der Waals surface area (Å²) in [5.74, 6) is -1.80. The molecule has 0 spiro atoms. The number of hydrogen-bond donors (Lipinski definition) is 5. The molecule has 0 fully saturated rings. The minimum atomic E-state index is -0.799. The molecule has 1 heterocycles. The summed E-state index contributed by atoms with van der Waals surface area (Å²) >= 11 is 0. The van der Waals surface area contributed by atoms with Crippen LogP contribution in [0.25, 0.3) is 10.9 Å². The predicted molar refractivity (Wildman–Crippen MR) is 128 cm³/mol. The second-order valence-electron chi connectivity index (χ2n) is 9.13. The summed E-state index contributed by atoms with van der Waals surface area (Å²) in [6.45, 7) is 4.75. The van der Waals surface area contributed by atoms with E-state index in [1.54, 1.807) is 5.48 Å². The standard InChI is InChI=1S/C24H37N5O4/c1-15(2)12-16(13-22(30)28-33)23(31)27-21(24(32)25-3)14-18-17-8-6-7-9-19(17)26-20(18)10-11-29(4)5/h6-9,15-16,21,26,33H,10-14H2,1-5H3,(H,25,32)(H,27,31)(H,28,30). The van der Waals surface area contributed by atoms with Crippen molar-refractivity contribution in [3.63, 3.8) is 0 Å². The second-order valence-corrected chi connectivity index (χ2v) is 9.13. The van der Waals surface area contributed by atoms with Crippen molar-refractivity contribution in [1.29, 1.82) is 0 Å². The summed E-state index contributed by atoms with van der Waals surface area (Å²) in [7, 11) is 5.55. The molecule has 0 aliphatic heterocycles. The molecule has 182 valence electrons. The van der Waals surface area contributed by atoms with E-state index >= 15 is 0 Å². The molecule has 2 rings (SSSR count). The third-order valence-corrected chi connectivity index (χ3v) is 5.68. The van der Waals surface area contributed by atoms with Crippen LogP contribution in [-0.4, -0.2) is 66.5 Å². The first-order valence-electron chi connectivity index (χ1n) is 11.3. The van der Waals surface area contributed by atoms with Crippen LogP contribution >= 0.6 is 0 Å². The molecule has 0 saturated heterocycles. The van der Waals surface area contributed by atoms with Gasteiger partial charge in [0.1, 0.15) is 6.04 Å². The third-order valence-electron chi connectivity index (χ3n) is 5.68. The lowest BCUT2D eigenvalue weighted by Crippen LogP contribution is -2.49. The van der Waals surface area contributed by atoms with E-state index in [0.29, 0.717) is 12.8 Å². The lowest BCUT2D eigenvalue weighted by atomic mass is 9.92. The molecule has 0 bridgehead atoms. The number of carbonyl (C=O) groups is 3. The van der Waals surface area contributed by atoms with E-state index < -0.39 is 17.9 Å². The van der Waals surface area contributed by atoms with E-state index in [0.717, 1.165) is 35.1 Å². The van der Waals surface area contributed by atoms with Crippen LogP contribution in [0.1, 0.15) is 37.9 Å². The molecule has 0 radical (unpaired) electrons. The van der Waals surface area contributed by atoms with Crippen LogP contribution in [0.5, 0.6) is 0 Å². The van der Waals surface area contributed by atoms with E-state index in [1.165, 1.54) is 7.05 Å². The minimum Gasteiger partial charge on any atom is -0.358 e. The molecule has 9 nitrogen and oxygen atoms in total. The number of nitrogens with one attached hydrogen (secondary N) is 4. The molecule has 2 aromatic rings. The van der Waals surface area contributed by atoms with Gasteiger partial charge in [0, 0.05) is 55.4 Å². The maximum Gasteiger partial charge on any atom is 0.244 e. The van der Waals surface area contributed by atoms with Gasteiger partial charge in [0.2, 0.25) is 17.7 Å². The zero-order valence-corrected chi connectivity index (χ0v) is 20.2. The van der Waals surface area contributed by atoms with Crippen LogP contribution in [0.15, 0.2) is 24.3 Å². The fourth-order valence-corrected chi connectivity index (χ4v) is 4.04. The van der Waals surface area contributed by atoms with Crippen molar-refractivity contribution in [1.82, 2.24) is 26.0 Å². The molecule has 1 aromatic carbocycles. The maximum absolute atomic E-state index is 13.1. The Hall–Kier alpha value is -2.91. The Balaban J connectivity index is 2.33. The van der Waals surface area contributed by atoms with Crippen LogP contribution in [0.3, 0.4) is 0 Å². The molecule has 5 N–H and O–H groups in total. The van der Waals surface area contributed by atoms with Crippen molar-refractivity contribution in [3.8, 4) is 0 Å². The van der Waals surface area contributed by atoms with Crippen molar-refractivity contribution < 1.29 is 19.6 Å². The number of carbonyl (C=O) groups excluding carboxylic acids is 3. The minimum absolute atomic E-state index is 0.151. The average Bonchev–Trinajstić information content (AvgIpc) is 3.13. The first-order chi connectivity index (χ1) is 15.7. The number of hydroxylamine groups is 1. The van der Waals surface area contributed by atoms with Crippen LogP contribution < -0.4 is 16.1 Å². The number of likely N-dealkylation sites (N-methyl/N-ethyl adjacent to an activating group) is 2. The Bertz CT molecular complexity index is 953. The van der Waals surface area contributed by atoms with Crippen LogP contribution in [0, 0.1) is 11.8 Å². The number of amides is 3. The zero-order chi connectivity index (χ0) is 24.5. The van der Waals surface area contributed by atoms with Crippen LogP contribution in [0.4, 0.5) is 0 Å². The highest BCUT2D eigenvalue weighted by atomic mass is 16.5. The van der Waals surface area contributed by atoms with Crippen molar-refractivity contribution in [3.05, 3.63) is 35.5 Å². The highest BCUT2D eigenvalue weighted by Gasteiger charge is 2.29. The monoisotopic (exact) mass is 459 g/mol. The first-order valence-corrected chi connectivity index (χ1v) is 11.3. The number of hydrogen-bond acceptors (Lipinski definition) is 5. The third kappa shape index (κ3) is 7.57. The topological polar surface area (TPSA) is 127 Å². The van der Waals surface area contributed by atoms with Gasteiger partial charge in [-0.25, -0.2) is 5.48 Å². The molecule has 0 saturated carbocycles. The predicted octanol–water partition coefficient (Wildman–Crippen LogP) is 1.60. The molecule has 9 heteroatoms. The van der Waals surface area contributed by atoms with Gasteiger partial charge < -0.3 is 20.5 Å². The fourth-order valence-electron chi connectivity index (χ4n) is 4.04. The number of benzene rings is 1.